The normalized spacial score (nSPS) is 34.4. The predicted molar refractivity (Wildman–Crippen MR) is 154 cm³/mol. The zero-order chi connectivity index (χ0) is 28.6. The number of likely N-dealkylation sites (tertiary alicyclic amines) is 1. The molecule has 3 fully saturated rings. The van der Waals surface area contributed by atoms with Gasteiger partial charge in [-0.25, -0.2) is 0 Å². The molecule has 0 unspecified atom stereocenters. The Bertz CT molecular complexity index is 1130. The van der Waals surface area contributed by atoms with Gasteiger partial charge >= 0.3 is 0 Å². The fourth-order valence-corrected chi connectivity index (χ4v) is 7.21. The van der Waals surface area contributed by atoms with E-state index in [1.54, 1.807) is 4.90 Å². The maximum absolute atomic E-state index is 14.1. The van der Waals surface area contributed by atoms with Crippen LogP contribution in [0.1, 0.15) is 71.8 Å². The average molecular weight is 552 g/mol. The molecule has 40 heavy (non-hydrogen) atoms. The van der Waals surface area contributed by atoms with Crippen molar-refractivity contribution in [2.75, 3.05) is 25.1 Å². The minimum atomic E-state index is -1.15. The SMILES string of the molecule is CCOCCCN1C(=O)[C@H]2[C@H](C(=O)Nc3ccc(C(C)C)cc3)[C@H]3C=C[C@@]2(O3)[C@@H]1C(=O)N[C@@H]1CCC[C@@H](C)[C@@H]1C. The van der Waals surface area contributed by atoms with Crippen LogP contribution >= 0.6 is 0 Å². The van der Waals surface area contributed by atoms with E-state index in [0.29, 0.717) is 49.6 Å². The number of anilines is 1. The number of fused-ring (bicyclic) bond motifs is 1. The van der Waals surface area contributed by atoms with Gasteiger partial charge in [-0.15, -0.1) is 0 Å². The largest absolute Gasteiger partial charge is 0.382 e. The molecule has 0 aromatic heterocycles. The number of nitrogens with one attached hydrogen (secondary N) is 2. The molecule has 8 heteroatoms. The molecule has 0 radical (unpaired) electrons. The summed E-state index contributed by atoms with van der Waals surface area (Å²) in [7, 11) is 0. The van der Waals surface area contributed by atoms with E-state index in [-0.39, 0.29) is 23.8 Å². The zero-order valence-corrected chi connectivity index (χ0v) is 24.5. The molecule has 8 nitrogen and oxygen atoms in total. The summed E-state index contributed by atoms with van der Waals surface area (Å²) in [5, 5.41) is 6.32. The van der Waals surface area contributed by atoms with Crippen molar-refractivity contribution < 1.29 is 23.9 Å². The Balaban J connectivity index is 1.39. The summed E-state index contributed by atoms with van der Waals surface area (Å²) in [6.07, 6.45) is 6.97. The van der Waals surface area contributed by atoms with Crippen molar-refractivity contribution in [2.45, 2.75) is 90.0 Å². The second-order valence-electron chi connectivity index (χ2n) is 12.4. The van der Waals surface area contributed by atoms with Gasteiger partial charge in [-0.2, -0.15) is 0 Å². The monoisotopic (exact) mass is 551 g/mol. The van der Waals surface area contributed by atoms with E-state index in [0.717, 1.165) is 19.3 Å². The molecular formula is C32H45N3O5. The van der Waals surface area contributed by atoms with Crippen LogP contribution in [-0.4, -0.2) is 66.2 Å². The summed E-state index contributed by atoms with van der Waals surface area (Å²) in [5.74, 6) is -0.813. The molecule has 1 aliphatic carbocycles. The quantitative estimate of drug-likeness (QED) is 0.335. The molecule has 2 N–H and O–H groups in total. The minimum Gasteiger partial charge on any atom is -0.382 e. The molecule has 3 heterocycles. The van der Waals surface area contributed by atoms with E-state index in [9.17, 15) is 14.4 Å². The molecule has 218 valence electrons. The number of benzene rings is 1. The van der Waals surface area contributed by atoms with E-state index in [2.05, 4.69) is 38.3 Å². The highest BCUT2D eigenvalue weighted by Gasteiger charge is 2.72. The molecule has 2 bridgehead atoms. The second kappa shape index (κ2) is 11.6. The van der Waals surface area contributed by atoms with E-state index in [1.807, 2.05) is 43.3 Å². The number of carbonyl (C=O) groups excluding carboxylic acids is 3. The Kier molecular flexibility index (Phi) is 8.39. The topological polar surface area (TPSA) is 97.0 Å². The highest BCUT2D eigenvalue weighted by Crippen LogP contribution is 2.55. The Morgan fingerprint density at radius 2 is 1.90 bits per heavy atom. The second-order valence-corrected chi connectivity index (χ2v) is 12.4. The highest BCUT2D eigenvalue weighted by atomic mass is 16.5. The van der Waals surface area contributed by atoms with Crippen LogP contribution in [0, 0.1) is 23.7 Å². The first-order chi connectivity index (χ1) is 19.2. The van der Waals surface area contributed by atoms with Gasteiger partial charge in [0, 0.05) is 31.5 Å². The van der Waals surface area contributed by atoms with Crippen LogP contribution in [-0.2, 0) is 23.9 Å². The van der Waals surface area contributed by atoms with Crippen molar-refractivity contribution in [1.29, 1.82) is 0 Å². The lowest BCUT2D eigenvalue weighted by Gasteiger charge is -2.38. The summed E-state index contributed by atoms with van der Waals surface area (Å²) < 4.78 is 12.0. The summed E-state index contributed by atoms with van der Waals surface area (Å²) in [6, 6.07) is 7.04. The summed E-state index contributed by atoms with van der Waals surface area (Å²) in [6.45, 7) is 12.1. The third-order valence-corrected chi connectivity index (χ3v) is 9.70. The van der Waals surface area contributed by atoms with Gasteiger partial charge in [0.1, 0.15) is 11.6 Å². The molecule has 8 atom stereocenters. The number of carbonyl (C=O) groups is 3. The Labute approximate surface area is 238 Å². The lowest BCUT2D eigenvalue weighted by Crippen LogP contribution is -2.58. The molecule has 1 saturated carbocycles. The van der Waals surface area contributed by atoms with Crippen LogP contribution < -0.4 is 10.6 Å². The molecule has 5 rings (SSSR count). The third-order valence-electron chi connectivity index (χ3n) is 9.70. The van der Waals surface area contributed by atoms with Gasteiger partial charge in [0.05, 0.1) is 17.9 Å². The van der Waals surface area contributed by atoms with Crippen LogP contribution in [0.25, 0.3) is 0 Å². The van der Waals surface area contributed by atoms with E-state index < -0.39 is 29.6 Å². The number of nitrogens with zero attached hydrogens (tertiary/aromatic N) is 1. The van der Waals surface area contributed by atoms with Crippen LogP contribution in [0.5, 0.6) is 0 Å². The molecule has 1 spiro atoms. The fourth-order valence-electron chi connectivity index (χ4n) is 7.21. The number of hydrogen-bond acceptors (Lipinski definition) is 5. The van der Waals surface area contributed by atoms with Crippen molar-refractivity contribution >= 4 is 23.4 Å². The maximum atomic E-state index is 14.1. The van der Waals surface area contributed by atoms with Gasteiger partial charge in [-0.05, 0) is 55.2 Å². The first-order valence-electron chi connectivity index (χ1n) is 15.1. The third kappa shape index (κ3) is 5.09. The maximum Gasteiger partial charge on any atom is 0.246 e. The van der Waals surface area contributed by atoms with Crippen LogP contribution in [0.15, 0.2) is 36.4 Å². The van der Waals surface area contributed by atoms with Crippen LogP contribution in [0.2, 0.25) is 0 Å². The molecule has 1 aromatic rings. The zero-order valence-electron chi connectivity index (χ0n) is 24.5. The smallest absolute Gasteiger partial charge is 0.246 e. The van der Waals surface area contributed by atoms with Gasteiger partial charge < -0.3 is 25.0 Å². The van der Waals surface area contributed by atoms with E-state index in [4.69, 9.17) is 9.47 Å². The molecular weight excluding hydrogens is 506 g/mol. The van der Waals surface area contributed by atoms with Crippen molar-refractivity contribution in [2.24, 2.45) is 23.7 Å². The molecule has 2 saturated heterocycles. The van der Waals surface area contributed by atoms with Gasteiger partial charge in [0.15, 0.2) is 0 Å². The summed E-state index contributed by atoms with van der Waals surface area (Å²) in [4.78, 5) is 43.4. The Morgan fingerprint density at radius 1 is 1.15 bits per heavy atom. The highest BCUT2D eigenvalue weighted by molar-refractivity contribution is 6.02. The van der Waals surface area contributed by atoms with Crippen LogP contribution in [0.4, 0.5) is 5.69 Å². The summed E-state index contributed by atoms with van der Waals surface area (Å²) in [5.41, 5.74) is 0.723. The van der Waals surface area contributed by atoms with E-state index in [1.165, 1.54) is 5.56 Å². The number of rotatable bonds is 10. The Hall–Kier alpha value is -2.71. The van der Waals surface area contributed by atoms with E-state index >= 15 is 0 Å². The first-order valence-corrected chi connectivity index (χ1v) is 15.1. The fraction of sp³-hybridized carbons (Fsp3) is 0.656. The van der Waals surface area contributed by atoms with Crippen molar-refractivity contribution in [1.82, 2.24) is 10.2 Å². The average Bonchev–Trinajstić information content (AvgIpc) is 3.57. The molecule has 4 aliphatic rings. The summed E-state index contributed by atoms with van der Waals surface area (Å²) >= 11 is 0. The number of hydrogen-bond donors (Lipinski definition) is 2. The van der Waals surface area contributed by atoms with Crippen LogP contribution in [0.3, 0.4) is 0 Å². The van der Waals surface area contributed by atoms with Gasteiger partial charge in [-0.1, -0.05) is 64.8 Å². The van der Waals surface area contributed by atoms with Crippen molar-refractivity contribution in [3.05, 3.63) is 42.0 Å². The first kappa shape index (κ1) is 28.8. The lowest BCUT2D eigenvalue weighted by molar-refractivity contribution is -0.141. The number of amides is 3. The van der Waals surface area contributed by atoms with Crippen molar-refractivity contribution in [3.8, 4) is 0 Å². The van der Waals surface area contributed by atoms with Gasteiger partial charge in [0.2, 0.25) is 17.7 Å². The van der Waals surface area contributed by atoms with Gasteiger partial charge in [-0.3, -0.25) is 14.4 Å². The molecule has 3 aliphatic heterocycles. The lowest BCUT2D eigenvalue weighted by atomic mass is 9.73. The number of ether oxygens (including phenoxy) is 2. The van der Waals surface area contributed by atoms with Crippen molar-refractivity contribution in [3.63, 3.8) is 0 Å². The predicted octanol–water partition coefficient (Wildman–Crippen LogP) is 4.27. The molecule has 1 aromatic carbocycles. The standard InChI is InChI=1S/C32H45N3O5/c1-6-39-18-8-17-35-28(30(37)34-24-10-7-9-20(4)21(24)5)32-16-15-25(40-32)26(27(32)31(35)38)29(36)33-23-13-11-22(12-14-23)19(2)3/h11-16,19-21,24-28H,6-10,17-18H2,1-5H3,(H,33,36)(H,34,37)/t20-,21+,24-,25-,26-,27-,28+,32+/m1/s1. The molecule has 3 amide bonds. The minimum absolute atomic E-state index is 0.0579. The Morgan fingerprint density at radius 3 is 2.60 bits per heavy atom. The van der Waals surface area contributed by atoms with Gasteiger partial charge in [0.25, 0.3) is 0 Å².